The van der Waals surface area contributed by atoms with E-state index in [1.807, 2.05) is 11.9 Å². The molecule has 0 spiro atoms. The van der Waals surface area contributed by atoms with Gasteiger partial charge in [0.1, 0.15) is 0 Å². The van der Waals surface area contributed by atoms with Gasteiger partial charge in [-0.2, -0.15) is 10.4 Å². The van der Waals surface area contributed by atoms with E-state index in [0.29, 0.717) is 15.7 Å². The van der Waals surface area contributed by atoms with Gasteiger partial charge in [-0.05, 0) is 59.3 Å². The number of carbonyl (C=O) groups excluding carboxylic acids is 2. The van der Waals surface area contributed by atoms with Gasteiger partial charge in [0.05, 0.1) is 17.4 Å². The van der Waals surface area contributed by atoms with Gasteiger partial charge < -0.3 is 5.32 Å². The zero-order chi connectivity index (χ0) is 19.4. The lowest BCUT2D eigenvalue weighted by Crippen LogP contribution is -2.28. The quantitative estimate of drug-likeness (QED) is 0.580. The van der Waals surface area contributed by atoms with E-state index < -0.39 is 17.6 Å². The molecule has 136 valence electrons. The molecule has 0 bridgehead atoms. The average molecular weight is 425 g/mol. The molecule has 0 saturated carbocycles. The molecule has 1 N–H and O–H groups in total. The normalized spacial score (nSPS) is 14.3. The Morgan fingerprint density at radius 2 is 1.93 bits per heavy atom. The molecule has 6 nitrogen and oxygen atoms in total. The molecule has 1 amide bonds. The van der Waals surface area contributed by atoms with Crippen molar-refractivity contribution in [1.82, 2.24) is 0 Å². The van der Waals surface area contributed by atoms with Gasteiger partial charge in [-0.1, -0.05) is 12.1 Å². The SMILES string of the molecule is CC1=NN(c2ccc(C(=O)C(C#N)C(=O)Nc3ccccc3Br)cc2)CC1. The topological polar surface area (TPSA) is 85.6 Å². The number of ketones is 1. The fourth-order valence-corrected chi connectivity index (χ4v) is 3.11. The Bertz CT molecular complexity index is 947. The summed E-state index contributed by atoms with van der Waals surface area (Å²) >= 11 is 3.32. The number of halogens is 1. The van der Waals surface area contributed by atoms with Crippen molar-refractivity contribution in [2.45, 2.75) is 13.3 Å². The maximum absolute atomic E-state index is 12.6. The number of anilines is 2. The standard InChI is InChI=1S/C20H17BrN4O2/c1-13-10-11-25(24-13)15-8-6-14(7-9-15)19(26)16(12-22)20(27)23-18-5-3-2-4-17(18)21/h2-9,16H,10-11H2,1H3,(H,23,27). The molecule has 1 heterocycles. The summed E-state index contributed by atoms with van der Waals surface area (Å²) in [6, 6.07) is 15.6. The fraction of sp³-hybridized carbons (Fsp3) is 0.200. The highest BCUT2D eigenvalue weighted by Crippen LogP contribution is 2.24. The summed E-state index contributed by atoms with van der Waals surface area (Å²) in [4.78, 5) is 25.1. The Morgan fingerprint density at radius 3 is 2.52 bits per heavy atom. The minimum absolute atomic E-state index is 0.312. The first kappa shape index (κ1) is 18.8. The first-order chi connectivity index (χ1) is 13.0. The smallest absolute Gasteiger partial charge is 0.249 e. The molecule has 7 heteroatoms. The Labute approximate surface area is 165 Å². The van der Waals surface area contributed by atoms with Crippen LogP contribution in [-0.2, 0) is 4.79 Å². The zero-order valence-corrected chi connectivity index (χ0v) is 16.2. The van der Waals surface area contributed by atoms with Crippen molar-refractivity contribution < 1.29 is 9.59 Å². The van der Waals surface area contributed by atoms with Crippen LogP contribution in [0.1, 0.15) is 23.7 Å². The molecule has 3 rings (SSSR count). The van der Waals surface area contributed by atoms with Crippen molar-refractivity contribution in [2.75, 3.05) is 16.9 Å². The number of amides is 1. The number of benzene rings is 2. The summed E-state index contributed by atoms with van der Waals surface area (Å²) in [6.07, 6.45) is 0.909. The number of hydrazone groups is 1. The van der Waals surface area contributed by atoms with Crippen LogP contribution in [0.4, 0.5) is 11.4 Å². The Kier molecular flexibility index (Phi) is 5.67. The van der Waals surface area contributed by atoms with Gasteiger partial charge in [0, 0.05) is 28.7 Å². The summed E-state index contributed by atoms with van der Waals surface area (Å²) in [5.74, 6) is -2.61. The Balaban J connectivity index is 1.74. The number of rotatable bonds is 5. The number of nitriles is 1. The highest BCUT2D eigenvalue weighted by molar-refractivity contribution is 9.10. The number of Topliss-reactive ketones (excluding diaryl/α,β-unsaturated/α-hetero) is 1. The van der Waals surface area contributed by atoms with Gasteiger partial charge in [0.25, 0.3) is 0 Å². The summed E-state index contributed by atoms with van der Waals surface area (Å²) in [5.41, 5.74) is 2.75. The molecular weight excluding hydrogens is 408 g/mol. The summed E-state index contributed by atoms with van der Waals surface area (Å²) < 4.78 is 0.674. The van der Waals surface area contributed by atoms with Gasteiger partial charge in [0.2, 0.25) is 5.91 Å². The van der Waals surface area contributed by atoms with Crippen molar-refractivity contribution in [3.8, 4) is 6.07 Å². The van der Waals surface area contributed by atoms with Gasteiger partial charge in [0.15, 0.2) is 11.7 Å². The summed E-state index contributed by atoms with van der Waals surface area (Å²) in [7, 11) is 0. The maximum atomic E-state index is 12.6. The van der Waals surface area contributed by atoms with E-state index in [2.05, 4.69) is 26.3 Å². The van der Waals surface area contributed by atoms with E-state index >= 15 is 0 Å². The molecule has 2 aromatic rings. The van der Waals surface area contributed by atoms with E-state index in [1.54, 1.807) is 54.6 Å². The molecule has 1 aliphatic rings. The monoisotopic (exact) mass is 424 g/mol. The van der Waals surface area contributed by atoms with Gasteiger partial charge in [-0.25, -0.2) is 0 Å². The summed E-state index contributed by atoms with van der Waals surface area (Å²) in [6.45, 7) is 2.77. The lowest BCUT2D eigenvalue weighted by atomic mass is 9.97. The molecule has 1 atom stereocenters. The number of hydrogen-bond acceptors (Lipinski definition) is 5. The van der Waals surface area contributed by atoms with Crippen molar-refractivity contribution in [2.24, 2.45) is 11.0 Å². The van der Waals surface area contributed by atoms with Crippen molar-refractivity contribution in [1.29, 1.82) is 5.26 Å². The third-order valence-corrected chi connectivity index (χ3v) is 4.90. The van der Waals surface area contributed by atoms with E-state index in [1.165, 1.54) is 0 Å². The predicted molar refractivity (Wildman–Crippen MR) is 108 cm³/mol. The molecule has 2 aromatic carbocycles. The van der Waals surface area contributed by atoms with Gasteiger partial charge in [-0.3, -0.25) is 14.6 Å². The number of nitrogens with zero attached hydrogens (tertiary/aromatic N) is 3. The van der Waals surface area contributed by atoms with Crippen LogP contribution in [0.2, 0.25) is 0 Å². The molecule has 1 aliphatic heterocycles. The zero-order valence-electron chi connectivity index (χ0n) is 14.6. The number of carbonyl (C=O) groups is 2. The van der Waals surface area contributed by atoms with Crippen LogP contribution in [0.25, 0.3) is 0 Å². The Morgan fingerprint density at radius 1 is 1.22 bits per heavy atom. The second kappa shape index (κ2) is 8.14. The largest absolute Gasteiger partial charge is 0.324 e. The molecule has 1 unspecified atom stereocenters. The number of hydrogen-bond donors (Lipinski definition) is 1. The maximum Gasteiger partial charge on any atom is 0.249 e. The molecule has 0 aliphatic carbocycles. The van der Waals surface area contributed by atoms with Crippen LogP contribution in [0.5, 0.6) is 0 Å². The van der Waals surface area contributed by atoms with E-state index in [9.17, 15) is 14.9 Å². The fourth-order valence-electron chi connectivity index (χ4n) is 2.73. The van der Waals surface area contributed by atoms with Crippen molar-refractivity contribution >= 4 is 44.7 Å². The summed E-state index contributed by atoms with van der Waals surface area (Å²) in [5, 5.41) is 18.3. The lowest BCUT2D eigenvalue weighted by molar-refractivity contribution is -0.117. The molecule has 27 heavy (non-hydrogen) atoms. The van der Waals surface area contributed by atoms with Crippen molar-refractivity contribution in [3.05, 3.63) is 58.6 Å². The van der Waals surface area contributed by atoms with E-state index in [0.717, 1.165) is 24.4 Å². The predicted octanol–water partition coefficient (Wildman–Crippen LogP) is 4.00. The van der Waals surface area contributed by atoms with E-state index in [-0.39, 0.29) is 0 Å². The second-order valence-corrected chi connectivity index (χ2v) is 7.01. The number of nitrogens with one attached hydrogen (secondary N) is 1. The van der Waals surface area contributed by atoms with Crippen LogP contribution >= 0.6 is 15.9 Å². The first-order valence-electron chi connectivity index (χ1n) is 8.40. The van der Waals surface area contributed by atoms with Crippen LogP contribution < -0.4 is 10.3 Å². The highest BCUT2D eigenvalue weighted by atomic mass is 79.9. The third kappa shape index (κ3) is 4.23. The first-order valence-corrected chi connectivity index (χ1v) is 9.20. The van der Waals surface area contributed by atoms with Crippen molar-refractivity contribution in [3.63, 3.8) is 0 Å². The van der Waals surface area contributed by atoms with Gasteiger partial charge >= 0.3 is 0 Å². The van der Waals surface area contributed by atoms with Crippen LogP contribution in [0, 0.1) is 17.2 Å². The van der Waals surface area contributed by atoms with E-state index in [4.69, 9.17) is 0 Å². The highest BCUT2D eigenvalue weighted by Gasteiger charge is 2.28. The van der Waals surface area contributed by atoms with Crippen LogP contribution in [0.15, 0.2) is 58.1 Å². The lowest BCUT2D eigenvalue weighted by Gasteiger charge is -2.14. The minimum Gasteiger partial charge on any atom is -0.324 e. The second-order valence-electron chi connectivity index (χ2n) is 6.15. The Hall–Kier alpha value is -2.98. The van der Waals surface area contributed by atoms with Gasteiger partial charge in [-0.15, -0.1) is 0 Å². The number of para-hydroxylation sites is 1. The molecular formula is C20H17BrN4O2. The molecule has 0 radical (unpaired) electrons. The molecule has 0 saturated heterocycles. The van der Waals surface area contributed by atoms with Crippen LogP contribution in [0.3, 0.4) is 0 Å². The third-order valence-electron chi connectivity index (χ3n) is 4.21. The average Bonchev–Trinajstić information content (AvgIpc) is 3.10. The molecule has 0 aromatic heterocycles. The minimum atomic E-state index is -1.42. The molecule has 0 fully saturated rings. The van der Waals surface area contributed by atoms with Crippen LogP contribution in [-0.4, -0.2) is 23.9 Å².